The predicted molar refractivity (Wildman–Crippen MR) is 72.8 cm³/mol. The van der Waals surface area contributed by atoms with Crippen LogP contribution in [0.4, 0.5) is 18.9 Å². The van der Waals surface area contributed by atoms with Crippen LogP contribution in [0.5, 0.6) is 0 Å². The Hall–Kier alpha value is -1.43. The van der Waals surface area contributed by atoms with E-state index in [0.29, 0.717) is 0 Å². The van der Waals surface area contributed by atoms with Crippen molar-refractivity contribution in [1.29, 1.82) is 0 Å². The van der Waals surface area contributed by atoms with Gasteiger partial charge in [0.25, 0.3) is 0 Å². The molecule has 0 aliphatic carbocycles. The van der Waals surface area contributed by atoms with E-state index in [-0.39, 0.29) is 22.7 Å². The summed E-state index contributed by atoms with van der Waals surface area (Å²) in [5, 5.41) is 5.47. The van der Waals surface area contributed by atoms with Crippen LogP contribution < -0.4 is 10.6 Å². The molecule has 1 atom stereocenters. The van der Waals surface area contributed by atoms with E-state index in [9.17, 15) is 18.0 Å². The van der Waals surface area contributed by atoms with Crippen molar-refractivity contribution in [3.63, 3.8) is 0 Å². The van der Waals surface area contributed by atoms with Crippen molar-refractivity contribution in [3.8, 4) is 0 Å². The standard InChI is InChI=1S/C13H16ClF3N2O/c1-7(2)18-12(20)8(3)19-11-6-9(13(15,16)17)4-5-10(11)14/h4-8,19H,1-3H3,(H,18,20). The molecule has 0 fully saturated rings. The van der Waals surface area contributed by atoms with E-state index in [1.54, 1.807) is 20.8 Å². The first kappa shape index (κ1) is 16.6. The number of hydrogen-bond donors (Lipinski definition) is 2. The van der Waals surface area contributed by atoms with Crippen LogP contribution in [0.1, 0.15) is 26.3 Å². The predicted octanol–water partition coefficient (Wildman–Crippen LogP) is 3.68. The molecule has 0 saturated carbocycles. The van der Waals surface area contributed by atoms with Crippen LogP contribution in [0.15, 0.2) is 18.2 Å². The van der Waals surface area contributed by atoms with E-state index in [1.165, 1.54) is 0 Å². The molecule has 3 nitrogen and oxygen atoms in total. The molecule has 1 amide bonds. The van der Waals surface area contributed by atoms with Crippen LogP contribution in [0.3, 0.4) is 0 Å². The van der Waals surface area contributed by atoms with Gasteiger partial charge < -0.3 is 10.6 Å². The first-order chi connectivity index (χ1) is 9.11. The van der Waals surface area contributed by atoms with Crippen LogP contribution >= 0.6 is 11.6 Å². The van der Waals surface area contributed by atoms with E-state index in [1.807, 2.05) is 0 Å². The molecular weight excluding hydrogens is 293 g/mol. The lowest BCUT2D eigenvalue weighted by molar-refractivity contribution is -0.137. The average Bonchev–Trinajstić information content (AvgIpc) is 2.29. The van der Waals surface area contributed by atoms with Crippen molar-refractivity contribution in [2.24, 2.45) is 0 Å². The average molecular weight is 309 g/mol. The van der Waals surface area contributed by atoms with Gasteiger partial charge in [-0.3, -0.25) is 4.79 Å². The normalized spacial score (nSPS) is 13.2. The Kier molecular flexibility index (Phi) is 5.28. The molecule has 0 spiro atoms. The number of rotatable bonds is 4. The minimum atomic E-state index is -4.45. The maximum Gasteiger partial charge on any atom is 0.416 e. The van der Waals surface area contributed by atoms with E-state index in [2.05, 4.69) is 10.6 Å². The zero-order valence-electron chi connectivity index (χ0n) is 11.3. The molecule has 0 bridgehead atoms. The molecule has 112 valence electrons. The minimum Gasteiger partial charge on any atom is -0.373 e. The Morgan fingerprint density at radius 1 is 1.25 bits per heavy atom. The van der Waals surface area contributed by atoms with Gasteiger partial charge in [0.15, 0.2) is 0 Å². The van der Waals surface area contributed by atoms with E-state index >= 15 is 0 Å². The van der Waals surface area contributed by atoms with Gasteiger partial charge in [-0.15, -0.1) is 0 Å². The number of anilines is 1. The molecule has 7 heteroatoms. The van der Waals surface area contributed by atoms with Gasteiger partial charge in [-0.05, 0) is 39.0 Å². The molecule has 0 aliphatic rings. The molecule has 20 heavy (non-hydrogen) atoms. The Bertz CT molecular complexity index is 489. The summed E-state index contributed by atoms with van der Waals surface area (Å²) >= 11 is 5.84. The third kappa shape index (κ3) is 4.59. The minimum absolute atomic E-state index is 0.0521. The van der Waals surface area contributed by atoms with Crippen LogP contribution in [0.2, 0.25) is 5.02 Å². The molecule has 0 saturated heterocycles. The molecule has 2 N–H and O–H groups in total. The molecule has 0 aromatic heterocycles. The molecule has 1 rings (SSSR count). The fraction of sp³-hybridized carbons (Fsp3) is 0.462. The highest BCUT2D eigenvalue weighted by Crippen LogP contribution is 2.33. The molecule has 0 heterocycles. The second-order valence-electron chi connectivity index (χ2n) is 4.72. The highest BCUT2D eigenvalue weighted by atomic mass is 35.5. The molecule has 1 aromatic carbocycles. The molecule has 0 radical (unpaired) electrons. The molecular formula is C13H16ClF3N2O. The van der Waals surface area contributed by atoms with Crippen molar-refractivity contribution >= 4 is 23.2 Å². The number of alkyl halides is 3. The van der Waals surface area contributed by atoms with Gasteiger partial charge in [-0.1, -0.05) is 11.6 Å². The summed E-state index contributed by atoms with van der Waals surface area (Å²) in [5.74, 6) is -0.312. The monoisotopic (exact) mass is 308 g/mol. The lowest BCUT2D eigenvalue weighted by Crippen LogP contribution is -2.41. The van der Waals surface area contributed by atoms with Crippen LogP contribution in [0, 0.1) is 0 Å². The second-order valence-corrected chi connectivity index (χ2v) is 5.13. The van der Waals surface area contributed by atoms with E-state index in [4.69, 9.17) is 11.6 Å². The summed E-state index contributed by atoms with van der Waals surface area (Å²) in [6.07, 6.45) is -4.45. The maximum absolute atomic E-state index is 12.6. The highest BCUT2D eigenvalue weighted by Gasteiger charge is 2.31. The van der Waals surface area contributed by atoms with Crippen LogP contribution in [0.25, 0.3) is 0 Å². The zero-order chi connectivity index (χ0) is 15.5. The van der Waals surface area contributed by atoms with Crippen molar-refractivity contribution in [1.82, 2.24) is 5.32 Å². The summed E-state index contributed by atoms with van der Waals surface area (Å²) in [6, 6.07) is 2.19. The summed E-state index contributed by atoms with van der Waals surface area (Å²) in [7, 11) is 0. The number of halogens is 4. The fourth-order valence-electron chi connectivity index (χ4n) is 1.52. The number of carbonyl (C=O) groups excluding carboxylic acids is 1. The van der Waals surface area contributed by atoms with E-state index < -0.39 is 17.8 Å². The summed E-state index contributed by atoms with van der Waals surface area (Å²) < 4.78 is 37.9. The number of nitrogens with one attached hydrogen (secondary N) is 2. The zero-order valence-corrected chi connectivity index (χ0v) is 12.1. The lowest BCUT2D eigenvalue weighted by Gasteiger charge is -2.18. The first-order valence-corrected chi connectivity index (χ1v) is 6.42. The van der Waals surface area contributed by atoms with Gasteiger partial charge in [0.2, 0.25) is 5.91 Å². The van der Waals surface area contributed by atoms with Gasteiger partial charge >= 0.3 is 6.18 Å². The summed E-state index contributed by atoms with van der Waals surface area (Å²) in [6.45, 7) is 5.14. The van der Waals surface area contributed by atoms with Crippen molar-refractivity contribution in [2.45, 2.75) is 39.0 Å². The summed E-state index contributed by atoms with van der Waals surface area (Å²) in [5.41, 5.74) is -0.742. The molecule has 1 unspecified atom stereocenters. The topological polar surface area (TPSA) is 41.1 Å². The van der Waals surface area contributed by atoms with Crippen LogP contribution in [-0.4, -0.2) is 18.0 Å². The van der Waals surface area contributed by atoms with Crippen LogP contribution in [-0.2, 0) is 11.0 Å². The number of carbonyl (C=O) groups is 1. The Labute approximate surface area is 120 Å². The van der Waals surface area contributed by atoms with Gasteiger partial charge in [0.1, 0.15) is 6.04 Å². The van der Waals surface area contributed by atoms with Crippen molar-refractivity contribution in [2.75, 3.05) is 5.32 Å². The first-order valence-electron chi connectivity index (χ1n) is 6.05. The SMILES string of the molecule is CC(C)NC(=O)C(C)Nc1cc(C(F)(F)F)ccc1Cl. The largest absolute Gasteiger partial charge is 0.416 e. The van der Waals surface area contributed by atoms with Crippen molar-refractivity contribution in [3.05, 3.63) is 28.8 Å². The number of benzene rings is 1. The van der Waals surface area contributed by atoms with Gasteiger partial charge in [0, 0.05) is 6.04 Å². The smallest absolute Gasteiger partial charge is 0.373 e. The van der Waals surface area contributed by atoms with Crippen molar-refractivity contribution < 1.29 is 18.0 Å². The van der Waals surface area contributed by atoms with Gasteiger partial charge in [0.05, 0.1) is 16.3 Å². The van der Waals surface area contributed by atoms with E-state index in [0.717, 1.165) is 18.2 Å². The Balaban J connectivity index is 2.89. The van der Waals surface area contributed by atoms with Gasteiger partial charge in [-0.25, -0.2) is 0 Å². The Morgan fingerprint density at radius 2 is 1.85 bits per heavy atom. The second kappa shape index (κ2) is 6.35. The lowest BCUT2D eigenvalue weighted by atomic mass is 10.1. The highest BCUT2D eigenvalue weighted by molar-refractivity contribution is 6.33. The third-order valence-corrected chi connectivity index (χ3v) is 2.82. The summed E-state index contributed by atoms with van der Waals surface area (Å²) in [4.78, 5) is 11.7. The number of hydrogen-bond acceptors (Lipinski definition) is 2. The van der Waals surface area contributed by atoms with Gasteiger partial charge in [-0.2, -0.15) is 13.2 Å². The quantitative estimate of drug-likeness (QED) is 0.891. The molecule has 0 aliphatic heterocycles. The third-order valence-electron chi connectivity index (χ3n) is 2.49. The number of amides is 1. The Morgan fingerprint density at radius 3 is 2.35 bits per heavy atom. The fourth-order valence-corrected chi connectivity index (χ4v) is 1.69. The molecule has 1 aromatic rings. The maximum atomic E-state index is 12.6.